The van der Waals surface area contributed by atoms with Crippen LogP contribution in [0.4, 0.5) is 4.39 Å². The monoisotopic (exact) mass is 313 g/mol. The smallest absolute Gasteiger partial charge is 0.152 e. The largest absolute Gasteiger partial charge is 0.307 e. The van der Waals surface area contributed by atoms with Crippen LogP contribution in [-0.4, -0.2) is 21.1 Å². The molecule has 0 bridgehead atoms. The summed E-state index contributed by atoms with van der Waals surface area (Å²) < 4.78 is 32.4. The van der Waals surface area contributed by atoms with E-state index in [0.717, 1.165) is 5.56 Å². The highest BCUT2D eigenvalue weighted by atomic mass is 32.2. The molecule has 0 radical (unpaired) electrons. The molecule has 0 spiro atoms. The molecule has 2 N–H and O–H groups in total. The van der Waals surface area contributed by atoms with Crippen LogP contribution in [0.5, 0.6) is 0 Å². The lowest BCUT2D eigenvalue weighted by Gasteiger charge is -2.18. The van der Waals surface area contributed by atoms with Gasteiger partial charge in [0, 0.05) is 0 Å². The van der Waals surface area contributed by atoms with E-state index in [1.165, 1.54) is 12.1 Å². The van der Waals surface area contributed by atoms with E-state index in [9.17, 15) is 8.60 Å². The summed E-state index contributed by atoms with van der Waals surface area (Å²) in [6.45, 7) is 6.96. The summed E-state index contributed by atoms with van der Waals surface area (Å²) in [4.78, 5) is 0. The second-order valence-corrected chi connectivity index (χ2v) is 7.14. The summed E-state index contributed by atoms with van der Waals surface area (Å²) in [5, 5.41) is 3.33. The molecule has 118 valence electrons. The first-order valence-corrected chi connectivity index (χ1v) is 8.31. The number of benzene rings is 1. The maximum Gasteiger partial charge on any atom is 0.152 e. The Kier molecular flexibility index (Phi) is 7.22. The molecule has 2 atom stereocenters. The van der Waals surface area contributed by atoms with Gasteiger partial charge in [-0.1, -0.05) is 45.1 Å². The minimum atomic E-state index is -1.75. The van der Waals surface area contributed by atoms with Crippen molar-refractivity contribution >= 4 is 11.1 Å². The summed E-state index contributed by atoms with van der Waals surface area (Å²) >= 11 is -1.75. The average molecular weight is 313 g/mol. The highest BCUT2D eigenvalue weighted by molar-refractivity contribution is 7.79. The van der Waals surface area contributed by atoms with E-state index in [2.05, 4.69) is 38.2 Å². The lowest BCUT2D eigenvalue weighted by atomic mass is 9.94. The summed E-state index contributed by atoms with van der Waals surface area (Å²) in [7, 11) is 0. The Morgan fingerprint density at radius 3 is 2.48 bits per heavy atom. The molecule has 1 aromatic rings. The zero-order chi connectivity index (χ0) is 15.9. The van der Waals surface area contributed by atoms with Crippen molar-refractivity contribution in [3.05, 3.63) is 47.8 Å². The van der Waals surface area contributed by atoms with Crippen molar-refractivity contribution in [3.8, 4) is 0 Å². The van der Waals surface area contributed by atoms with E-state index < -0.39 is 11.1 Å². The number of nitrogens with one attached hydrogen (secondary N) is 1. The Balaban J connectivity index is 2.72. The molecule has 21 heavy (non-hydrogen) atoms. The fraction of sp³-hybridized carbons (Fsp3) is 0.500. The Bertz CT molecular complexity index is 480. The van der Waals surface area contributed by atoms with Crippen molar-refractivity contribution < 1.29 is 13.2 Å². The van der Waals surface area contributed by atoms with Gasteiger partial charge in [0.15, 0.2) is 11.1 Å². The molecule has 0 fully saturated rings. The van der Waals surface area contributed by atoms with Crippen molar-refractivity contribution in [2.24, 2.45) is 5.41 Å². The number of hydrogen-bond donors (Lipinski definition) is 2. The van der Waals surface area contributed by atoms with Crippen LogP contribution in [0, 0.1) is 11.2 Å². The van der Waals surface area contributed by atoms with Gasteiger partial charge >= 0.3 is 0 Å². The maximum absolute atomic E-state index is 13.0. The highest BCUT2D eigenvalue weighted by Gasteiger charge is 2.10. The van der Waals surface area contributed by atoms with Gasteiger partial charge in [0.05, 0.1) is 11.8 Å². The molecule has 1 rings (SSSR count). The molecule has 0 saturated carbocycles. The van der Waals surface area contributed by atoms with Crippen molar-refractivity contribution in [1.82, 2.24) is 5.32 Å². The molecule has 0 saturated heterocycles. The third-order valence-electron chi connectivity index (χ3n) is 2.88. The number of halogens is 1. The fourth-order valence-corrected chi connectivity index (χ4v) is 2.20. The molecule has 2 unspecified atom stereocenters. The van der Waals surface area contributed by atoms with Crippen LogP contribution in [0.25, 0.3) is 0 Å². The second-order valence-electron chi connectivity index (χ2n) is 6.09. The molecule has 0 amide bonds. The van der Waals surface area contributed by atoms with Gasteiger partial charge in [0.25, 0.3) is 0 Å². The minimum absolute atomic E-state index is 0.0306. The van der Waals surface area contributed by atoms with Crippen molar-refractivity contribution in [2.45, 2.75) is 33.2 Å². The predicted molar refractivity (Wildman–Crippen MR) is 86.0 cm³/mol. The second kappa shape index (κ2) is 8.41. The highest BCUT2D eigenvalue weighted by Crippen LogP contribution is 2.20. The Morgan fingerprint density at radius 2 is 1.95 bits per heavy atom. The zero-order valence-corrected chi connectivity index (χ0v) is 13.6. The summed E-state index contributed by atoms with van der Waals surface area (Å²) in [6.07, 6.45) is 4.78. The summed E-state index contributed by atoms with van der Waals surface area (Å²) in [5.41, 5.74) is 1.04. The summed E-state index contributed by atoms with van der Waals surface area (Å²) in [5.74, 6) is -0.000427. The lowest BCUT2D eigenvalue weighted by Crippen LogP contribution is -2.22. The van der Waals surface area contributed by atoms with Crippen molar-refractivity contribution in [3.63, 3.8) is 0 Å². The van der Waals surface area contributed by atoms with Gasteiger partial charge in [-0.25, -0.2) is 8.60 Å². The SMILES string of the molecule is CC(C)(C)/C=C/C(NCCCS(=O)O)c1ccc(F)cc1. The summed E-state index contributed by atoms with van der Waals surface area (Å²) in [6, 6.07) is 6.36. The first-order valence-electron chi connectivity index (χ1n) is 7.03. The maximum atomic E-state index is 13.0. The van der Waals surface area contributed by atoms with E-state index in [-0.39, 0.29) is 23.0 Å². The Morgan fingerprint density at radius 1 is 1.33 bits per heavy atom. The van der Waals surface area contributed by atoms with Crippen LogP contribution < -0.4 is 5.32 Å². The standard InChI is InChI=1S/C16H24FNO2S/c1-16(2,3)10-9-15(18-11-4-12-21(19)20)13-5-7-14(17)8-6-13/h5-10,15,18H,4,11-12H2,1-3H3,(H,19,20)/b10-9+. The third-order valence-corrected chi connectivity index (χ3v) is 3.52. The molecular formula is C16H24FNO2S. The van der Waals surface area contributed by atoms with Crippen molar-refractivity contribution in [1.29, 1.82) is 0 Å². The number of rotatable bonds is 7. The van der Waals surface area contributed by atoms with Crippen molar-refractivity contribution in [2.75, 3.05) is 12.3 Å². The molecule has 0 aliphatic carbocycles. The first kappa shape index (κ1) is 18.0. The zero-order valence-electron chi connectivity index (χ0n) is 12.8. The van der Waals surface area contributed by atoms with Crippen LogP contribution in [0.15, 0.2) is 36.4 Å². The first-order chi connectivity index (χ1) is 9.78. The van der Waals surface area contributed by atoms with E-state index in [1.54, 1.807) is 12.1 Å². The fourth-order valence-electron chi connectivity index (χ4n) is 1.81. The lowest BCUT2D eigenvalue weighted by molar-refractivity contribution is 0.531. The molecular weight excluding hydrogens is 289 g/mol. The Hall–Kier alpha value is -1.04. The van der Waals surface area contributed by atoms with Gasteiger partial charge in [0.1, 0.15) is 5.82 Å². The van der Waals surface area contributed by atoms with Crippen LogP contribution in [0.2, 0.25) is 0 Å². The van der Waals surface area contributed by atoms with E-state index >= 15 is 0 Å². The van der Waals surface area contributed by atoms with Crippen LogP contribution >= 0.6 is 0 Å². The molecule has 0 heterocycles. The predicted octanol–water partition coefficient (Wildman–Crippen LogP) is 3.67. The number of hydrogen-bond acceptors (Lipinski definition) is 2. The van der Waals surface area contributed by atoms with Crippen LogP contribution in [-0.2, 0) is 11.1 Å². The molecule has 0 aromatic heterocycles. The van der Waals surface area contributed by atoms with Crippen LogP contribution in [0.1, 0.15) is 38.8 Å². The topological polar surface area (TPSA) is 49.3 Å². The van der Waals surface area contributed by atoms with Gasteiger partial charge in [0.2, 0.25) is 0 Å². The molecule has 0 aliphatic heterocycles. The molecule has 1 aromatic carbocycles. The number of allylic oxidation sites excluding steroid dienone is 1. The molecule has 0 aliphatic rings. The van der Waals surface area contributed by atoms with Gasteiger partial charge in [-0.2, -0.15) is 0 Å². The minimum Gasteiger partial charge on any atom is -0.307 e. The van der Waals surface area contributed by atoms with E-state index in [0.29, 0.717) is 13.0 Å². The van der Waals surface area contributed by atoms with Gasteiger partial charge in [-0.05, 0) is 36.1 Å². The van der Waals surface area contributed by atoms with Gasteiger partial charge in [-0.15, -0.1) is 0 Å². The molecule has 5 heteroatoms. The van der Waals surface area contributed by atoms with E-state index in [1.807, 2.05) is 0 Å². The van der Waals surface area contributed by atoms with Crippen LogP contribution in [0.3, 0.4) is 0 Å². The van der Waals surface area contributed by atoms with E-state index in [4.69, 9.17) is 4.55 Å². The van der Waals surface area contributed by atoms with Gasteiger partial charge < -0.3 is 9.87 Å². The van der Waals surface area contributed by atoms with Gasteiger partial charge in [-0.3, -0.25) is 0 Å². The average Bonchev–Trinajstić information content (AvgIpc) is 2.38. The normalized spacial score (nSPS) is 15.3. The Labute approximate surface area is 128 Å². The third kappa shape index (κ3) is 8.09. The molecule has 3 nitrogen and oxygen atoms in total. The quantitative estimate of drug-likeness (QED) is 0.459.